The van der Waals surface area contributed by atoms with Gasteiger partial charge in [-0.2, -0.15) is 29.2 Å². The standard InChI is InChI=1S/C14H27F3N4O2S2/c1-5-18-12(19-10-13(2,3)24-4)20-11-6-8-21(9-7-11)25(22,23)14(15,16)17/h11H,5-10H2,1-4H3,(H2,18,19,20). The zero-order chi connectivity index (χ0) is 19.3. The van der Waals surface area contributed by atoms with Crippen molar-refractivity contribution in [1.82, 2.24) is 14.9 Å². The molecule has 1 aliphatic rings. The Morgan fingerprint density at radius 1 is 1.28 bits per heavy atom. The van der Waals surface area contributed by atoms with Crippen LogP contribution in [0.4, 0.5) is 13.2 Å². The molecule has 0 aromatic heterocycles. The lowest BCUT2D eigenvalue weighted by molar-refractivity contribution is -0.0494. The fourth-order valence-electron chi connectivity index (χ4n) is 2.23. The Kier molecular flexibility index (Phi) is 7.88. The minimum atomic E-state index is -5.24. The van der Waals surface area contributed by atoms with Crippen molar-refractivity contribution in [3.8, 4) is 0 Å². The van der Waals surface area contributed by atoms with Gasteiger partial charge in [-0.15, -0.1) is 0 Å². The van der Waals surface area contributed by atoms with Gasteiger partial charge in [0.15, 0.2) is 5.96 Å². The first-order valence-corrected chi connectivity index (χ1v) is 10.8. The minimum absolute atomic E-state index is 0.0213. The second-order valence-corrected chi connectivity index (χ2v) is 9.87. The van der Waals surface area contributed by atoms with Crippen molar-refractivity contribution in [1.29, 1.82) is 0 Å². The number of guanidine groups is 1. The molecule has 0 atom stereocenters. The highest BCUT2D eigenvalue weighted by Gasteiger charge is 2.50. The van der Waals surface area contributed by atoms with Gasteiger partial charge in [0.2, 0.25) is 0 Å². The third-order valence-corrected chi connectivity index (χ3v) is 6.81. The molecule has 1 fully saturated rings. The van der Waals surface area contributed by atoms with Gasteiger partial charge in [-0.3, -0.25) is 4.99 Å². The summed E-state index contributed by atoms with van der Waals surface area (Å²) in [5.74, 6) is 0.599. The second kappa shape index (κ2) is 8.81. The topological polar surface area (TPSA) is 73.8 Å². The van der Waals surface area contributed by atoms with E-state index in [-0.39, 0.29) is 23.9 Å². The third-order valence-electron chi connectivity index (χ3n) is 3.94. The zero-order valence-electron chi connectivity index (χ0n) is 15.0. The average Bonchev–Trinajstić information content (AvgIpc) is 2.52. The largest absolute Gasteiger partial charge is 0.511 e. The maximum Gasteiger partial charge on any atom is 0.511 e. The molecule has 1 rings (SSSR count). The van der Waals surface area contributed by atoms with E-state index in [2.05, 4.69) is 29.5 Å². The molecule has 0 spiro atoms. The lowest BCUT2D eigenvalue weighted by Crippen LogP contribution is -2.51. The summed E-state index contributed by atoms with van der Waals surface area (Å²) in [7, 11) is -5.24. The van der Waals surface area contributed by atoms with Crippen molar-refractivity contribution in [2.75, 3.05) is 32.4 Å². The lowest BCUT2D eigenvalue weighted by atomic mass is 10.1. The fourth-order valence-corrected chi connectivity index (χ4v) is 3.41. The highest BCUT2D eigenvalue weighted by atomic mass is 32.2. The first-order valence-electron chi connectivity index (χ1n) is 8.09. The molecule has 148 valence electrons. The molecule has 0 amide bonds. The number of aliphatic imine (C=N–C) groups is 1. The van der Waals surface area contributed by atoms with Gasteiger partial charge in [0.25, 0.3) is 0 Å². The summed E-state index contributed by atoms with van der Waals surface area (Å²) in [4.78, 5) is 4.52. The zero-order valence-corrected chi connectivity index (χ0v) is 16.6. The third kappa shape index (κ3) is 6.52. The van der Waals surface area contributed by atoms with Gasteiger partial charge in [-0.05, 0) is 39.9 Å². The number of hydrogen-bond donors (Lipinski definition) is 2. The molecule has 0 bridgehead atoms. The Labute approximate surface area is 152 Å². The van der Waals surface area contributed by atoms with Crippen LogP contribution in [-0.2, 0) is 10.0 Å². The van der Waals surface area contributed by atoms with Crippen molar-refractivity contribution >= 4 is 27.7 Å². The molecular formula is C14H27F3N4O2S2. The number of rotatable bonds is 6. The molecule has 11 heteroatoms. The van der Waals surface area contributed by atoms with Crippen LogP contribution in [-0.4, -0.2) is 67.4 Å². The molecule has 0 aromatic rings. The predicted molar refractivity (Wildman–Crippen MR) is 96.3 cm³/mol. The Balaban J connectivity index is 2.65. The molecular weight excluding hydrogens is 377 g/mol. The maximum atomic E-state index is 12.6. The Morgan fingerprint density at radius 3 is 2.28 bits per heavy atom. The average molecular weight is 405 g/mol. The summed E-state index contributed by atoms with van der Waals surface area (Å²) in [5, 5.41) is 6.30. The van der Waals surface area contributed by atoms with E-state index in [4.69, 9.17) is 0 Å². The monoisotopic (exact) mass is 404 g/mol. The van der Waals surface area contributed by atoms with Gasteiger partial charge in [-0.25, -0.2) is 8.42 Å². The predicted octanol–water partition coefficient (Wildman–Crippen LogP) is 2.00. The van der Waals surface area contributed by atoms with Gasteiger partial charge < -0.3 is 10.6 Å². The highest BCUT2D eigenvalue weighted by Crippen LogP contribution is 2.29. The number of hydrogen-bond acceptors (Lipinski definition) is 4. The minimum Gasteiger partial charge on any atom is -0.357 e. The SMILES string of the molecule is CCNC(=NCC(C)(C)SC)NC1CCN(S(=O)(=O)C(F)(F)F)CC1. The molecule has 0 unspecified atom stereocenters. The Hall–Kier alpha value is -0.680. The first kappa shape index (κ1) is 22.4. The summed E-state index contributed by atoms with van der Waals surface area (Å²) in [6, 6.07) is -0.116. The van der Waals surface area contributed by atoms with Crippen LogP contribution in [0.3, 0.4) is 0 Å². The molecule has 1 heterocycles. The van der Waals surface area contributed by atoms with Gasteiger partial charge in [0, 0.05) is 30.4 Å². The van der Waals surface area contributed by atoms with E-state index in [0.717, 1.165) is 0 Å². The summed E-state index contributed by atoms with van der Waals surface area (Å²) in [6.45, 7) is 7.01. The number of thioether (sulfide) groups is 1. The van der Waals surface area contributed by atoms with Crippen LogP contribution in [0.15, 0.2) is 4.99 Å². The van der Waals surface area contributed by atoms with E-state index in [9.17, 15) is 21.6 Å². The van der Waals surface area contributed by atoms with Crippen LogP contribution < -0.4 is 10.6 Å². The molecule has 25 heavy (non-hydrogen) atoms. The van der Waals surface area contributed by atoms with Crippen molar-refractivity contribution in [2.45, 2.75) is 49.9 Å². The van der Waals surface area contributed by atoms with E-state index >= 15 is 0 Å². The quantitative estimate of drug-likeness (QED) is 0.523. The van der Waals surface area contributed by atoms with Gasteiger partial charge >= 0.3 is 15.5 Å². The fraction of sp³-hybridized carbons (Fsp3) is 0.929. The number of sulfonamides is 1. The molecule has 0 aromatic carbocycles. The van der Waals surface area contributed by atoms with Crippen LogP contribution >= 0.6 is 11.8 Å². The normalized spacial score (nSPS) is 19.1. The molecule has 6 nitrogen and oxygen atoms in total. The highest BCUT2D eigenvalue weighted by molar-refractivity contribution is 7.99. The van der Waals surface area contributed by atoms with Crippen molar-refractivity contribution in [2.24, 2.45) is 4.99 Å². The number of alkyl halides is 3. The van der Waals surface area contributed by atoms with Crippen molar-refractivity contribution in [3.05, 3.63) is 0 Å². The van der Waals surface area contributed by atoms with Gasteiger partial charge in [-0.1, -0.05) is 0 Å². The van der Waals surface area contributed by atoms with Crippen molar-refractivity contribution < 1.29 is 21.6 Å². The van der Waals surface area contributed by atoms with Gasteiger partial charge in [0.05, 0.1) is 6.54 Å². The summed E-state index contributed by atoms with van der Waals surface area (Å²) in [5.41, 5.74) is -5.24. The molecule has 1 aliphatic heterocycles. The van der Waals surface area contributed by atoms with E-state index in [1.165, 1.54) is 0 Å². The van der Waals surface area contributed by atoms with Gasteiger partial charge in [0.1, 0.15) is 0 Å². The molecule has 0 aliphatic carbocycles. The summed E-state index contributed by atoms with van der Waals surface area (Å²) >= 11 is 1.70. The van der Waals surface area contributed by atoms with E-state index < -0.39 is 15.5 Å². The van der Waals surface area contributed by atoms with Crippen molar-refractivity contribution in [3.63, 3.8) is 0 Å². The summed E-state index contributed by atoms with van der Waals surface area (Å²) < 4.78 is 61.1. The number of nitrogens with one attached hydrogen (secondary N) is 2. The smallest absolute Gasteiger partial charge is 0.357 e. The first-order chi connectivity index (χ1) is 11.4. The van der Waals surface area contributed by atoms with E-state index in [1.807, 2.05) is 13.2 Å². The Bertz CT molecular complexity index is 557. The van der Waals surface area contributed by atoms with Crippen LogP contribution in [0, 0.1) is 0 Å². The van der Waals surface area contributed by atoms with Crippen LogP contribution in [0.1, 0.15) is 33.6 Å². The van der Waals surface area contributed by atoms with Crippen LogP contribution in [0.25, 0.3) is 0 Å². The van der Waals surface area contributed by atoms with E-state index in [1.54, 1.807) is 11.8 Å². The molecule has 0 saturated carbocycles. The maximum absolute atomic E-state index is 12.6. The van der Waals surface area contributed by atoms with E-state index in [0.29, 0.717) is 36.2 Å². The van der Waals surface area contributed by atoms with Crippen LogP contribution in [0.5, 0.6) is 0 Å². The summed E-state index contributed by atoms with van der Waals surface area (Å²) in [6.07, 6.45) is 2.60. The second-order valence-electron chi connectivity index (χ2n) is 6.43. The number of halogens is 3. The number of piperidine rings is 1. The van der Waals surface area contributed by atoms with Crippen LogP contribution in [0.2, 0.25) is 0 Å². The lowest BCUT2D eigenvalue weighted by Gasteiger charge is -2.32. The molecule has 2 N–H and O–H groups in total. The molecule has 0 radical (unpaired) electrons. The Morgan fingerprint density at radius 2 is 1.84 bits per heavy atom. The number of nitrogens with zero attached hydrogens (tertiary/aromatic N) is 2. The molecule has 1 saturated heterocycles.